The van der Waals surface area contributed by atoms with Crippen LogP contribution in [-0.2, 0) is 11.8 Å². The second kappa shape index (κ2) is 9.62. The molecule has 0 radical (unpaired) electrons. The molecule has 0 unspecified atom stereocenters. The maximum atomic E-state index is 12.7. The van der Waals surface area contributed by atoms with Gasteiger partial charge in [-0.1, -0.05) is 35.5 Å². The molecule has 0 atom stereocenters. The van der Waals surface area contributed by atoms with Gasteiger partial charge in [-0.3, -0.25) is 4.79 Å². The Balaban J connectivity index is 1.31. The number of anilines is 1. The highest BCUT2D eigenvalue weighted by Gasteiger charge is 2.22. The number of rotatable bonds is 6. The van der Waals surface area contributed by atoms with Crippen molar-refractivity contribution < 1.29 is 9.53 Å². The molecule has 9 heteroatoms. The largest absolute Gasteiger partial charge is 0.497 e. The Morgan fingerprint density at radius 3 is 2.45 bits per heavy atom. The first kappa shape index (κ1) is 21.5. The number of carbonyl (C=O) groups is 1. The Hall–Kier alpha value is -2.71. The average molecular weight is 458 g/mol. The van der Waals surface area contributed by atoms with Gasteiger partial charge < -0.3 is 19.1 Å². The van der Waals surface area contributed by atoms with Crippen molar-refractivity contribution in [3.8, 4) is 17.1 Å². The molecule has 7 nitrogen and oxygen atoms in total. The summed E-state index contributed by atoms with van der Waals surface area (Å²) in [6.45, 7) is 3.02. The number of ether oxygens (including phenoxy) is 1. The molecule has 2 aromatic carbocycles. The quantitative estimate of drug-likeness (QED) is 0.527. The van der Waals surface area contributed by atoms with Gasteiger partial charge >= 0.3 is 0 Å². The summed E-state index contributed by atoms with van der Waals surface area (Å²) >= 11 is 7.68. The molecule has 1 aliphatic rings. The molecule has 3 aromatic rings. The molecule has 0 aliphatic carbocycles. The number of thioether (sulfide) groups is 1. The lowest BCUT2D eigenvalue weighted by Crippen LogP contribution is -2.49. The smallest absolute Gasteiger partial charge is 0.233 e. The lowest BCUT2D eigenvalue weighted by atomic mass is 10.2. The van der Waals surface area contributed by atoms with Gasteiger partial charge in [0.05, 0.1) is 17.9 Å². The van der Waals surface area contributed by atoms with Gasteiger partial charge in [0.2, 0.25) is 5.91 Å². The van der Waals surface area contributed by atoms with Crippen LogP contribution in [0.25, 0.3) is 11.4 Å². The van der Waals surface area contributed by atoms with Crippen molar-refractivity contribution in [1.82, 2.24) is 19.7 Å². The van der Waals surface area contributed by atoms with E-state index in [1.165, 1.54) is 11.8 Å². The van der Waals surface area contributed by atoms with E-state index >= 15 is 0 Å². The zero-order valence-corrected chi connectivity index (χ0v) is 19.1. The van der Waals surface area contributed by atoms with Gasteiger partial charge in [-0.05, 0) is 36.4 Å². The zero-order chi connectivity index (χ0) is 21.8. The zero-order valence-electron chi connectivity index (χ0n) is 17.5. The Morgan fingerprint density at radius 2 is 1.77 bits per heavy atom. The number of hydrogen-bond donors (Lipinski definition) is 0. The first-order valence-corrected chi connectivity index (χ1v) is 11.4. The molecule has 1 aliphatic heterocycles. The highest BCUT2D eigenvalue weighted by Crippen LogP contribution is 2.28. The van der Waals surface area contributed by atoms with Crippen LogP contribution in [0.5, 0.6) is 5.75 Å². The van der Waals surface area contributed by atoms with Gasteiger partial charge in [-0.25, -0.2) is 0 Å². The third kappa shape index (κ3) is 4.80. The average Bonchev–Trinajstić information content (AvgIpc) is 3.18. The molecule has 162 valence electrons. The highest BCUT2D eigenvalue weighted by atomic mass is 35.5. The fourth-order valence-corrected chi connectivity index (χ4v) is 4.58. The van der Waals surface area contributed by atoms with Crippen molar-refractivity contribution in [2.75, 3.05) is 43.9 Å². The number of piperazine rings is 1. The van der Waals surface area contributed by atoms with Crippen molar-refractivity contribution in [3.05, 3.63) is 53.6 Å². The van der Waals surface area contributed by atoms with E-state index in [-0.39, 0.29) is 5.91 Å². The summed E-state index contributed by atoms with van der Waals surface area (Å²) in [5, 5.41) is 9.82. The third-order valence-electron chi connectivity index (χ3n) is 5.34. The van der Waals surface area contributed by atoms with E-state index < -0.39 is 0 Å². The molecule has 1 fully saturated rings. The van der Waals surface area contributed by atoms with E-state index in [9.17, 15) is 4.79 Å². The molecular weight excluding hydrogens is 434 g/mol. The number of hydrogen-bond acceptors (Lipinski definition) is 6. The molecule has 1 saturated heterocycles. The molecule has 31 heavy (non-hydrogen) atoms. The molecule has 1 amide bonds. The summed E-state index contributed by atoms with van der Waals surface area (Å²) in [5.74, 6) is 1.98. The minimum Gasteiger partial charge on any atom is -0.497 e. The van der Waals surface area contributed by atoms with Gasteiger partial charge in [0.25, 0.3) is 0 Å². The van der Waals surface area contributed by atoms with Crippen LogP contribution in [0.1, 0.15) is 0 Å². The molecule has 2 heterocycles. The van der Waals surface area contributed by atoms with E-state index in [1.54, 1.807) is 7.11 Å². The number of nitrogens with zero attached hydrogens (tertiary/aromatic N) is 5. The molecule has 0 saturated carbocycles. The maximum absolute atomic E-state index is 12.7. The van der Waals surface area contributed by atoms with Crippen LogP contribution in [0.2, 0.25) is 5.02 Å². The number of amides is 1. The van der Waals surface area contributed by atoms with Crippen LogP contribution in [0.4, 0.5) is 5.69 Å². The summed E-state index contributed by atoms with van der Waals surface area (Å²) in [6.07, 6.45) is 0. The van der Waals surface area contributed by atoms with Crippen molar-refractivity contribution in [2.24, 2.45) is 7.05 Å². The number of carbonyl (C=O) groups excluding carboxylic acids is 1. The Morgan fingerprint density at radius 1 is 1.06 bits per heavy atom. The summed E-state index contributed by atoms with van der Waals surface area (Å²) in [4.78, 5) is 16.9. The normalized spacial score (nSPS) is 14.0. The first-order valence-electron chi connectivity index (χ1n) is 10.0. The van der Waals surface area contributed by atoms with Crippen molar-refractivity contribution in [1.29, 1.82) is 0 Å². The minimum atomic E-state index is 0.113. The molecule has 0 bridgehead atoms. The standard InChI is InChI=1S/C22H24ClN5O2S/c1-26-21(18-5-3-4-6-19(18)23)24-25-22(26)31-15-20(29)28-13-11-27(12-14-28)16-7-9-17(30-2)10-8-16/h3-10H,11-15H2,1-2H3. The maximum Gasteiger partial charge on any atom is 0.233 e. The van der Waals surface area contributed by atoms with Gasteiger partial charge in [-0.15, -0.1) is 10.2 Å². The number of benzene rings is 2. The summed E-state index contributed by atoms with van der Waals surface area (Å²) in [7, 11) is 3.55. The van der Waals surface area contributed by atoms with Crippen LogP contribution in [0, 0.1) is 0 Å². The fourth-order valence-electron chi connectivity index (χ4n) is 3.54. The van der Waals surface area contributed by atoms with Crippen molar-refractivity contribution in [3.63, 3.8) is 0 Å². The summed E-state index contributed by atoms with van der Waals surface area (Å²) < 4.78 is 7.09. The van der Waals surface area contributed by atoms with E-state index in [1.807, 2.05) is 52.9 Å². The van der Waals surface area contributed by atoms with Crippen LogP contribution >= 0.6 is 23.4 Å². The summed E-state index contributed by atoms with van der Waals surface area (Å²) in [6, 6.07) is 15.6. The minimum absolute atomic E-state index is 0.113. The highest BCUT2D eigenvalue weighted by molar-refractivity contribution is 7.99. The number of aromatic nitrogens is 3. The third-order valence-corrected chi connectivity index (χ3v) is 6.68. The van der Waals surface area contributed by atoms with Crippen LogP contribution < -0.4 is 9.64 Å². The molecule has 0 N–H and O–H groups in total. The molecule has 4 rings (SSSR count). The summed E-state index contributed by atoms with van der Waals surface area (Å²) in [5.41, 5.74) is 1.97. The van der Waals surface area contributed by atoms with Crippen LogP contribution in [0.3, 0.4) is 0 Å². The predicted molar refractivity (Wildman–Crippen MR) is 124 cm³/mol. The van der Waals surface area contributed by atoms with E-state index in [0.29, 0.717) is 34.8 Å². The Kier molecular flexibility index (Phi) is 6.67. The second-order valence-electron chi connectivity index (χ2n) is 7.20. The monoisotopic (exact) mass is 457 g/mol. The Bertz CT molecular complexity index is 1050. The van der Waals surface area contributed by atoms with E-state index in [4.69, 9.17) is 16.3 Å². The lowest BCUT2D eigenvalue weighted by Gasteiger charge is -2.36. The van der Waals surface area contributed by atoms with Crippen LogP contribution in [0.15, 0.2) is 53.7 Å². The van der Waals surface area contributed by atoms with Crippen molar-refractivity contribution >= 4 is 35.0 Å². The van der Waals surface area contributed by atoms with Gasteiger partial charge in [0.15, 0.2) is 11.0 Å². The van der Waals surface area contributed by atoms with E-state index in [0.717, 1.165) is 30.1 Å². The first-order chi connectivity index (χ1) is 15.1. The number of halogens is 1. The second-order valence-corrected chi connectivity index (χ2v) is 8.55. The molecule has 0 spiro atoms. The van der Waals surface area contributed by atoms with Crippen LogP contribution in [-0.4, -0.2) is 64.6 Å². The van der Waals surface area contributed by atoms with Crippen molar-refractivity contribution in [2.45, 2.75) is 5.16 Å². The Labute approximate surface area is 191 Å². The number of methoxy groups -OCH3 is 1. The fraction of sp³-hybridized carbons (Fsp3) is 0.318. The topological polar surface area (TPSA) is 63.5 Å². The molecule has 1 aromatic heterocycles. The SMILES string of the molecule is COc1ccc(N2CCN(C(=O)CSc3nnc(-c4ccccc4Cl)n3C)CC2)cc1. The predicted octanol–water partition coefficient (Wildman–Crippen LogP) is 3.59. The van der Waals surface area contributed by atoms with Gasteiger partial charge in [0, 0.05) is 44.5 Å². The van der Waals surface area contributed by atoms with Gasteiger partial charge in [-0.2, -0.15) is 0 Å². The van der Waals surface area contributed by atoms with Gasteiger partial charge in [0.1, 0.15) is 5.75 Å². The lowest BCUT2D eigenvalue weighted by molar-refractivity contribution is -0.128. The van der Waals surface area contributed by atoms with E-state index in [2.05, 4.69) is 27.2 Å². The molecular formula is C22H24ClN5O2S.